The number of rotatable bonds is 2. The van der Waals surface area contributed by atoms with Crippen LogP contribution in [0.25, 0.3) is 0 Å². The van der Waals surface area contributed by atoms with Crippen LogP contribution in [0.15, 0.2) is 18.2 Å². The number of nitrogens with two attached hydrogens (primary N) is 1. The zero-order valence-corrected chi connectivity index (χ0v) is 12.9. The Balaban J connectivity index is 2.04. The standard InChI is InChI=1S/C18H24N2O/c1-13-5-8-15(9-6-13)18(21)20-17-10-7-14(2)16(12-17)4-3-11-19/h7,10,12-13,15H,5-6,8-9,11,19H2,1-2H3,(H,20,21). The lowest BCUT2D eigenvalue weighted by Crippen LogP contribution is -2.26. The van der Waals surface area contributed by atoms with Crippen LogP contribution in [0.4, 0.5) is 5.69 Å². The predicted octanol–water partition coefficient (Wildman–Crippen LogP) is 3.07. The lowest BCUT2D eigenvalue weighted by molar-refractivity contribution is -0.121. The summed E-state index contributed by atoms with van der Waals surface area (Å²) in [5.41, 5.74) is 8.26. The fourth-order valence-corrected chi connectivity index (χ4v) is 2.75. The molecule has 1 aliphatic carbocycles. The number of aryl methyl sites for hydroxylation is 1. The molecule has 1 aromatic carbocycles. The van der Waals surface area contributed by atoms with Crippen LogP contribution in [0.5, 0.6) is 0 Å². The first-order valence-corrected chi connectivity index (χ1v) is 7.70. The maximum absolute atomic E-state index is 12.3. The smallest absolute Gasteiger partial charge is 0.227 e. The number of amides is 1. The average Bonchev–Trinajstić information content (AvgIpc) is 2.48. The molecule has 3 N–H and O–H groups in total. The average molecular weight is 284 g/mol. The minimum Gasteiger partial charge on any atom is -0.326 e. The van der Waals surface area contributed by atoms with Gasteiger partial charge in [-0.1, -0.05) is 24.8 Å². The summed E-state index contributed by atoms with van der Waals surface area (Å²) >= 11 is 0. The van der Waals surface area contributed by atoms with Crippen molar-refractivity contribution in [2.45, 2.75) is 39.5 Å². The second-order valence-corrected chi connectivity index (χ2v) is 5.98. The topological polar surface area (TPSA) is 55.1 Å². The van der Waals surface area contributed by atoms with Crippen LogP contribution in [0.1, 0.15) is 43.7 Å². The maximum atomic E-state index is 12.3. The van der Waals surface area contributed by atoms with E-state index >= 15 is 0 Å². The molecule has 1 saturated carbocycles. The van der Waals surface area contributed by atoms with E-state index in [9.17, 15) is 4.79 Å². The van der Waals surface area contributed by atoms with E-state index in [1.54, 1.807) is 0 Å². The first-order chi connectivity index (χ1) is 10.1. The summed E-state index contributed by atoms with van der Waals surface area (Å²) in [7, 11) is 0. The Morgan fingerprint density at radius 3 is 2.71 bits per heavy atom. The molecule has 21 heavy (non-hydrogen) atoms. The van der Waals surface area contributed by atoms with Crippen LogP contribution in [-0.2, 0) is 4.79 Å². The van der Waals surface area contributed by atoms with E-state index in [1.807, 2.05) is 25.1 Å². The van der Waals surface area contributed by atoms with Crippen molar-refractivity contribution in [3.8, 4) is 11.8 Å². The van der Waals surface area contributed by atoms with E-state index in [4.69, 9.17) is 5.73 Å². The highest BCUT2D eigenvalue weighted by molar-refractivity contribution is 5.92. The molecule has 0 saturated heterocycles. The fraction of sp³-hybridized carbons (Fsp3) is 0.500. The second-order valence-electron chi connectivity index (χ2n) is 5.98. The first kappa shape index (κ1) is 15.6. The summed E-state index contributed by atoms with van der Waals surface area (Å²) in [6, 6.07) is 5.85. The van der Waals surface area contributed by atoms with Crippen LogP contribution >= 0.6 is 0 Å². The fourth-order valence-electron chi connectivity index (χ4n) is 2.75. The van der Waals surface area contributed by atoms with Crippen molar-refractivity contribution in [3.05, 3.63) is 29.3 Å². The van der Waals surface area contributed by atoms with Gasteiger partial charge in [0.05, 0.1) is 6.54 Å². The summed E-state index contributed by atoms with van der Waals surface area (Å²) in [5.74, 6) is 6.96. The zero-order valence-electron chi connectivity index (χ0n) is 12.9. The summed E-state index contributed by atoms with van der Waals surface area (Å²) in [6.07, 6.45) is 4.30. The third-order valence-corrected chi connectivity index (χ3v) is 4.22. The molecule has 1 amide bonds. The number of benzene rings is 1. The van der Waals surface area contributed by atoms with Gasteiger partial charge in [-0.15, -0.1) is 0 Å². The van der Waals surface area contributed by atoms with Gasteiger partial charge in [0.1, 0.15) is 0 Å². The predicted molar refractivity (Wildman–Crippen MR) is 86.9 cm³/mol. The summed E-state index contributed by atoms with van der Waals surface area (Å²) in [4.78, 5) is 12.3. The molecule has 1 aliphatic rings. The number of nitrogens with one attached hydrogen (secondary N) is 1. The Kier molecular flexibility index (Phi) is 5.41. The van der Waals surface area contributed by atoms with Crippen molar-refractivity contribution < 1.29 is 4.79 Å². The Morgan fingerprint density at radius 2 is 2.05 bits per heavy atom. The van der Waals surface area contributed by atoms with Gasteiger partial charge >= 0.3 is 0 Å². The third-order valence-electron chi connectivity index (χ3n) is 4.22. The van der Waals surface area contributed by atoms with Crippen LogP contribution in [0, 0.1) is 30.6 Å². The van der Waals surface area contributed by atoms with E-state index in [-0.39, 0.29) is 11.8 Å². The number of hydrogen-bond acceptors (Lipinski definition) is 2. The Labute approximate surface area is 127 Å². The van der Waals surface area contributed by atoms with Crippen LogP contribution in [-0.4, -0.2) is 12.5 Å². The highest BCUT2D eigenvalue weighted by atomic mass is 16.1. The van der Waals surface area contributed by atoms with E-state index in [1.165, 1.54) is 0 Å². The van der Waals surface area contributed by atoms with E-state index < -0.39 is 0 Å². The molecule has 0 unspecified atom stereocenters. The molecular weight excluding hydrogens is 260 g/mol. The number of hydrogen-bond donors (Lipinski definition) is 2. The third kappa shape index (κ3) is 4.34. The van der Waals surface area contributed by atoms with Crippen LogP contribution in [0.3, 0.4) is 0 Å². The molecule has 0 radical (unpaired) electrons. The first-order valence-electron chi connectivity index (χ1n) is 7.70. The van der Waals surface area contributed by atoms with Gasteiger partial charge in [-0.05, 0) is 56.2 Å². The molecule has 112 valence electrons. The normalized spacial score (nSPS) is 21.3. The minimum atomic E-state index is 0.142. The van der Waals surface area contributed by atoms with Gasteiger partial charge in [0, 0.05) is 17.2 Å². The molecule has 1 aromatic rings. The van der Waals surface area contributed by atoms with Gasteiger partial charge in [-0.3, -0.25) is 4.79 Å². The van der Waals surface area contributed by atoms with Crippen molar-refractivity contribution >= 4 is 11.6 Å². The summed E-state index contributed by atoms with van der Waals surface area (Å²) in [5, 5.41) is 3.03. The van der Waals surface area contributed by atoms with Crippen LogP contribution in [0.2, 0.25) is 0 Å². The highest BCUT2D eigenvalue weighted by Gasteiger charge is 2.24. The highest BCUT2D eigenvalue weighted by Crippen LogP contribution is 2.29. The van der Waals surface area contributed by atoms with Crippen LogP contribution < -0.4 is 11.1 Å². The molecule has 0 atom stereocenters. The van der Waals surface area contributed by atoms with Crippen molar-refractivity contribution in [2.75, 3.05) is 11.9 Å². The van der Waals surface area contributed by atoms with Gasteiger partial charge in [0.2, 0.25) is 5.91 Å². The molecule has 0 spiro atoms. The van der Waals surface area contributed by atoms with Crippen molar-refractivity contribution in [1.29, 1.82) is 0 Å². The number of carbonyl (C=O) groups excluding carboxylic acids is 1. The Bertz CT molecular complexity index is 560. The molecule has 1 fully saturated rings. The largest absolute Gasteiger partial charge is 0.326 e. The minimum absolute atomic E-state index is 0.142. The van der Waals surface area contributed by atoms with Gasteiger partial charge < -0.3 is 11.1 Å². The molecule has 2 rings (SSSR count). The molecule has 3 nitrogen and oxygen atoms in total. The van der Waals surface area contributed by atoms with Crippen molar-refractivity contribution in [1.82, 2.24) is 0 Å². The molecule has 0 bridgehead atoms. The van der Waals surface area contributed by atoms with E-state index in [0.717, 1.165) is 48.4 Å². The molecular formula is C18H24N2O. The molecule has 0 aromatic heterocycles. The second kappa shape index (κ2) is 7.28. The molecule has 0 heterocycles. The van der Waals surface area contributed by atoms with Crippen molar-refractivity contribution in [3.63, 3.8) is 0 Å². The lowest BCUT2D eigenvalue weighted by atomic mass is 9.82. The summed E-state index contributed by atoms with van der Waals surface area (Å²) in [6.45, 7) is 4.61. The summed E-state index contributed by atoms with van der Waals surface area (Å²) < 4.78 is 0. The van der Waals surface area contributed by atoms with Gasteiger partial charge in [0.15, 0.2) is 0 Å². The number of anilines is 1. The monoisotopic (exact) mass is 284 g/mol. The van der Waals surface area contributed by atoms with E-state index in [2.05, 4.69) is 24.1 Å². The Hall–Kier alpha value is -1.79. The molecule has 0 aliphatic heterocycles. The van der Waals surface area contributed by atoms with Gasteiger partial charge in [-0.25, -0.2) is 0 Å². The number of carbonyl (C=O) groups is 1. The lowest BCUT2D eigenvalue weighted by Gasteiger charge is -2.25. The van der Waals surface area contributed by atoms with Gasteiger partial charge in [0.25, 0.3) is 0 Å². The van der Waals surface area contributed by atoms with Crippen molar-refractivity contribution in [2.24, 2.45) is 17.6 Å². The quantitative estimate of drug-likeness (QED) is 0.820. The van der Waals surface area contributed by atoms with Gasteiger partial charge in [-0.2, -0.15) is 0 Å². The van der Waals surface area contributed by atoms with E-state index in [0.29, 0.717) is 6.54 Å². The maximum Gasteiger partial charge on any atom is 0.227 e. The Morgan fingerprint density at radius 1 is 1.33 bits per heavy atom. The molecule has 3 heteroatoms. The zero-order chi connectivity index (χ0) is 15.2. The SMILES string of the molecule is Cc1ccc(NC(=O)C2CCC(C)CC2)cc1C#CCN.